The number of nitrogens with two attached hydrogens (primary N) is 1. The summed E-state index contributed by atoms with van der Waals surface area (Å²) in [7, 11) is 0. The van der Waals surface area contributed by atoms with E-state index in [1.807, 2.05) is 0 Å². The summed E-state index contributed by atoms with van der Waals surface area (Å²) in [5, 5.41) is 9.10. The second kappa shape index (κ2) is 6.47. The van der Waals surface area contributed by atoms with E-state index < -0.39 is 0 Å². The molecule has 1 aromatic carbocycles. The lowest BCUT2D eigenvalue weighted by Crippen LogP contribution is -2.01. The smallest absolute Gasteiger partial charge is 0.203 e. The summed E-state index contributed by atoms with van der Waals surface area (Å²) in [5.74, 6) is 1.23. The molecule has 0 saturated heterocycles. The molecule has 8 heteroatoms. The van der Waals surface area contributed by atoms with Crippen LogP contribution in [0.5, 0.6) is 5.75 Å². The van der Waals surface area contributed by atoms with Crippen molar-refractivity contribution >= 4 is 51.4 Å². The van der Waals surface area contributed by atoms with Gasteiger partial charge in [0.1, 0.15) is 0 Å². The highest BCUT2D eigenvalue weighted by Gasteiger charge is 2.07. The molecule has 1 heterocycles. The highest BCUT2D eigenvalue weighted by atomic mass is 35.5. The number of anilines is 1. The molecule has 0 spiro atoms. The largest absolute Gasteiger partial charge is 0.490 e. The molecular weight excluding hydrogens is 313 g/mol. The van der Waals surface area contributed by atoms with Gasteiger partial charge < -0.3 is 10.5 Å². The van der Waals surface area contributed by atoms with Gasteiger partial charge >= 0.3 is 0 Å². The Hall–Kier alpha value is -0.690. The molecule has 0 saturated carbocycles. The van der Waals surface area contributed by atoms with Crippen molar-refractivity contribution < 1.29 is 4.74 Å². The van der Waals surface area contributed by atoms with Crippen molar-refractivity contribution in [2.75, 3.05) is 18.1 Å². The van der Waals surface area contributed by atoms with Crippen LogP contribution in [-0.2, 0) is 0 Å². The van der Waals surface area contributed by atoms with Crippen molar-refractivity contribution in [2.24, 2.45) is 0 Å². The molecule has 0 aliphatic rings. The van der Waals surface area contributed by atoms with Crippen molar-refractivity contribution in [3.05, 3.63) is 28.2 Å². The van der Waals surface area contributed by atoms with Crippen LogP contribution < -0.4 is 10.5 Å². The molecular formula is C10H9Cl2N3OS2. The number of nitrogens with zero attached hydrogens (tertiary/aromatic N) is 2. The first-order chi connectivity index (χ1) is 8.66. The summed E-state index contributed by atoms with van der Waals surface area (Å²) >= 11 is 14.8. The molecule has 2 N–H and O–H groups in total. The van der Waals surface area contributed by atoms with Gasteiger partial charge in [0.2, 0.25) is 5.13 Å². The predicted octanol–water partition coefficient (Wildman–Crippen LogP) is 3.60. The Morgan fingerprint density at radius 2 is 2.00 bits per heavy atom. The molecule has 1 aromatic heterocycles. The Kier molecular flexibility index (Phi) is 4.94. The van der Waals surface area contributed by atoms with Gasteiger partial charge in [0.05, 0.1) is 16.7 Å². The Morgan fingerprint density at radius 3 is 2.61 bits per heavy atom. The number of halogens is 2. The highest BCUT2D eigenvalue weighted by molar-refractivity contribution is 8.01. The van der Waals surface area contributed by atoms with Crippen molar-refractivity contribution in [3.63, 3.8) is 0 Å². The molecule has 0 bridgehead atoms. The first-order valence-corrected chi connectivity index (χ1v) is 7.51. The molecule has 0 radical (unpaired) electrons. The van der Waals surface area contributed by atoms with Crippen LogP contribution in [-0.4, -0.2) is 22.6 Å². The molecule has 18 heavy (non-hydrogen) atoms. The second-order valence-electron chi connectivity index (χ2n) is 3.15. The van der Waals surface area contributed by atoms with E-state index in [9.17, 15) is 0 Å². The van der Waals surface area contributed by atoms with E-state index in [4.69, 9.17) is 33.7 Å². The van der Waals surface area contributed by atoms with Gasteiger partial charge in [0.25, 0.3) is 0 Å². The van der Waals surface area contributed by atoms with Crippen LogP contribution in [0.25, 0.3) is 0 Å². The summed E-state index contributed by atoms with van der Waals surface area (Å²) in [6.07, 6.45) is 0. The number of para-hydroxylation sites is 1. The monoisotopic (exact) mass is 321 g/mol. The maximum atomic E-state index is 5.98. The third-order valence-corrected chi connectivity index (χ3v) is 4.34. The number of thioether (sulfide) groups is 1. The third kappa shape index (κ3) is 3.65. The van der Waals surface area contributed by atoms with Crippen LogP contribution in [0, 0.1) is 0 Å². The third-order valence-electron chi connectivity index (χ3n) is 1.90. The molecule has 0 atom stereocenters. The fourth-order valence-corrected chi connectivity index (χ4v) is 3.20. The molecule has 4 nitrogen and oxygen atoms in total. The highest BCUT2D eigenvalue weighted by Crippen LogP contribution is 2.32. The van der Waals surface area contributed by atoms with Crippen LogP contribution in [0.1, 0.15) is 0 Å². The summed E-state index contributed by atoms with van der Waals surface area (Å²) in [5.41, 5.74) is 5.48. The summed E-state index contributed by atoms with van der Waals surface area (Å²) in [6.45, 7) is 0.480. The minimum atomic E-state index is 0.465. The van der Waals surface area contributed by atoms with Gasteiger partial charge in [-0.2, -0.15) is 0 Å². The maximum absolute atomic E-state index is 5.98. The minimum Gasteiger partial charge on any atom is -0.490 e. The minimum absolute atomic E-state index is 0.465. The Morgan fingerprint density at radius 1 is 1.28 bits per heavy atom. The van der Waals surface area contributed by atoms with E-state index in [2.05, 4.69) is 10.2 Å². The lowest BCUT2D eigenvalue weighted by Gasteiger charge is -2.08. The van der Waals surface area contributed by atoms with Crippen molar-refractivity contribution in [1.82, 2.24) is 10.2 Å². The number of ether oxygens (including phenoxy) is 1. The number of benzene rings is 1. The summed E-state index contributed by atoms with van der Waals surface area (Å²) < 4.78 is 6.36. The van der Waals surface area contributed by atoms with Gasteiger partial charge in [-0.25, -0.2) is 0 Å². The van der Waals surface area contributed by atoms with Crippen LogP contribution in [0.3, 0.4) is 0 Å². The number of nitrogen functional groups attached to an aromatic ring is 1. The Bertz CT molecular complexity index is 515. The first kappa shape index (κ1) is 13.7. The zero-order valence-corrected chi connectivity index (χ0v) is 12.2. The molecule has 2 rings (SSSR count). The quantitative estimate of drug-likeness (QED) is 0.673. The van der Waals surface area contributed by atoms with E-state index in [-0.39, 0.29) is 0 Å². The number of hydrogen-bond donors (Lipinski definition) is 1. The van der Waals surface area contributed by atoms with E-state index in [0.717, 1.165) is 10.1 Å². The lowest BCUT2D eigenvalue weighted by atomic mass is 10.3. The van der Waals surface area contributed by atoms with Gasteiger partial charge in [-0.05, 0) is 12.1 Å². The number of hydrogen-bond acceptors (Lipinski definition) is 6. The summed E-state index contributed by atoms with van der Waals surface area (Å²) in [4.78, 5) is 0. The maximum Gasteiger partial charge on any atom is 0.203 e. The first-order valence-electron chi connectivity index (χ1n) is 4.95. The molecule has 2 aromatic rings. The van der Waals surface area contributed by atoms with Crippen LogP contribution >= 0.6 is 46.3 Å². The molecule has 0 aliphatic heterocycles. The molecule has 0 amide bonds. The van der Waals surface area contributed by atoms with Crippen molar-refractivity contribution in [1.29, 1.82) is 0 Å². The van der Waals surface area contributed by atoms with Crippen LogP contribution in [0.15, 0.2) is 22.5 Å². The van der Waals surface area contributed by atoms with Gasteiger partial charge in [-0.1, -0.05) is 52.4 Å². The van der Waals surface area contributed by atoms with E-state index >= 15 is 0 Å². The topological polar surface area (TPSA) is 61.0 Å². The Labute approximate surface area is 122 Å². The number of aromatic nitrogens is 2. The van der Waals surface area contributed by atoms with Crippen LogP contribution in [0.4, 0.5) is 5.13 Å². The van der Waals surface area contributed by atoms with Crippen molar-refractivity contribution in [2.45, 2.75) is 4.34 Å². The SMILES string of the molecule is Nc1nnc(SCCOc2c(Cl)cccc2Cl)s1. The van der Waals surface area contributed by atoms with Gasteiger partial charge in [-0.15, -0.1) is 10.2 Å². The van der Waals surface area contributed by atoms with Gasteiger partial charge in [0.15, 0.2) is 10.1 Å². The normalized spacial score (nSPS) is 10.6. The fourth-order valence-electron chi connectivity index (χ4n) is 1.17. The second-order valence-corrected chi connectivity index (χ2v) is 6.32. The Balaban J connectivity index is 1.82. The summed E-state index contributed by atoms with van der Waals surface area (Å²) in [6, 6.07) is 5.25. The fraction of sp³-hybridized carbons (Fsp3) is 0.200. The van der Waals surface area contributed by atoms with Gasteiger partial charge in [-0.3, -0.25) is 0 Å². The van der Waals surface area contributed by atoms with Crippen LogP contribution in [0.2, 0.25) is 10.0 Å². The van der Waals surface area contributed by atoms with E-state index in [0.29, 0.717) is 27.5 Å². The lowest BCUT2D eigenvalue weighted by molar-refractivity contribution is 0.344. The zero-order valence-electron chi connectivity index (χ0n) is 9.10. The zero-order chi connectivity index (χ0) is 13.0. The van der Waals surface area contributed by atoms with Gasteiger partial charge in [0, 0.05) is 5.75 Å². The number of rotatable bonds is 5. The average Bonchev–Trinajstić information content (AvgIpc) is 2.73. The molecule has 0 unspecified atom stereocenters. The standard InChI is InChI=1S/C10H9Cl2N3OS2/c11-6-2-1-3-7(12)8(6)16-4-5-17-10-15-14-9(13)18-10/h1-3H,4-5H2,(H2,13,14). The molecule has 96 valence electrons. The molecule has 0 aliphatic carbocycles. The van der Waals surface area contributed by atoms with E-state index in [1.165, 1.54) is 23.1 Å². The predicted molar refractivity (Wildman–Crippen MR) is 77.0 cm³/mol. The van der Waals surface area contributed by atoms with Crippen molar-refractivity contribution in [3.8, 4) is 5.75 Å². The van der Waals surface area contributed by atoms with E-state index in [1.54, 1.807) is 18.2 Å². The molecule has 0 fully saturated rings. The average molecular weight is 322 g/mol.